The van der Waals surface area contributed by atoms with Crippen molar-refractivity contribution in [1.82, 2.24) is 4.90 Å². The van der Waals surface area contributed by atoms with Crippen LogP contribution in [0.3, 0.4) is 0 Å². The molecule has 1 fully saturated rings. The molecule has 0 radical (unpaired) electrons. The lowest BCUT2D eigenvalue weighted by Crippen LogP contribution is -2.42. The van der Waals surface area contributed by atoms with Crippen molar-refractivity contribution in [2.45, 2.75) is 59.4 Å². The molecule has 0 aliphatic carbocycles. The second kappa shape index (κ2) is 12.3. The van der Waals surface area contributed by atoms with Crippen LogP contribution in [0.1, 0.15) is 63.7 Å². The van der Waals surface area contributed by atoms with Crippen molar-refractivity contribution in [3.8, 4) is 0 Å². The standard InChI is InChI=1S/C22H28I3N3O5/c1-5-13(29)26(7-3)19-16(23)15(21(31)28-11-9-10-12(28)22(32)33)17(24)20(18(19)25)27(8-4)14(30)6-2/h12H,5-11H2,1-4H3,(H,32,33)/t12-/m0/s1. The number of aliphatic carboxylic acids is 1. The van der Waals surface area contributed by atoms with Crippen molar-refractivity contribution >= 4 is 103 Å². The van der Waals surface area contributed by atoms with E-state index in [-0.39, 0.29) is 17.7 Å². The van der Waals surface area contributed by atoms with Crippen molar-refractivity contribution in [3.63, 3.8) is 0 Å². The molecule has 182 valence electrons. The van der Waals surface area contributed by atoms with Crippen LogP contribution in [-0.4, -0.2) is 59.4 Å². The van der Waals surface area contributed by atoms with Crippen LogP contribution in [-0.2, 0) is 14.4 Å². The van der Waals surface area contributed by atoms with Gasteiger partial charge in [-0.25, -0.2) is 4.79 Å². The summed E-state index contributed by atoms with van der Waals surface area (Å²) in [6.07, 6.45) is 1.61. The summed E-state index contributed by atoms with van der Waals surface area (Å²) in [6.45, 7) is 8.47. The Morgan fingerprint density at radius 3 is 1.70 bits per heavy atom. The Morgan fingerprint density at radius 2 is 1.33 bits per heavy atom. The van der Waals surface area contributed by atoms with Gasteiger partial charge in [0, 0.05) is 32.5 Å². The van der Waals surface area contributed by atoms with Crippen LogP contribution >= 0.6 is 67.8 Å². The minimum atomic E-state index is -1.02. The van der Waals surface area contributed by atoms with Gasteiger partial charge >= 0.3 is 5.97 Å². The number of likely N-dealkylation sites (tertiary alicyclic amines) is 1. The number of anilines is 2. The molecule has 11 heteroatoms. The number of hydrogen-bond donors (Lipinski definition) is 1. The van der Waals surface area contributed by atoms with E-state index in [1.165, 1.54) is 4.90 Å². The molecule has 1 aromatic rings. The fourth-order valence-electron chi connectivity index (χ4n) is 4.01. The third-order valence-corrected chi connectivity index (χ3v) is 8.78. The molecule has 0 bridgehead atoms. The fraction of sp³-hybridized carbons (Fsp3) is 0.545. The Bertz CT molecular complexity index is 918. The molecule has 0 saturated carbocycles. The summed E-state index contributed by atoms with van der Waals surface area (Å²) in [6, 6.07) is -0.880. The highest BCUT2D eigenvalue weighted by Gasteiger charge is 2.39. The van der Waals surface area contributed by atoms with E-state index in [2.05, 4.69) is 67.8 Å². The van der Waals surface area contributed by atoms with Crippen molar-refractivity contribution < 1.29 is 24.3 Å². The smallest absolute Gasteiger partial charge is 0.326 e. The molecule has 1 atom stereocenters. The lowest BCUT2D eigenvalue weighted by Gasteiger charge is -2.32. The maximum atomic E-state index is 13.8. The average molecular weight is 795 g/mol. The first-order chi connectivity index (χ1) is 15.6. The van der Waals surface area contributed by atoms with Gasteiger partial charge in [0.2, 0.25) is 11.8 Å². The summed E-state index contributed by atoms with van der Waals surface area (Å²) in [5.74, 6) is -1.58. The molecule has 1 aromatic carbocycles. The summed E-state index contributed by atoms with van der Waals surface area (Å²) in [5.41, 5.74) is 1.54. The number of carboxylic acids is 1. The van der Waals surface area contributed by atoms with Gasteiger partial charge in [-0.15, -0.1) is 0 Å². The van der Waals surface area contributed by atoms with Gasteiger partial charge in [-0.2, -0.15) is 0 Å². The molecule has 1 aliphatic rings. The monoisotopic (exact) mass is 795 g/mol. The number of hydrogen-bond acceptors (Lipinski definition) is 4. The van der Waals surface area contributed by atoms with Crippen LogP contribution in [0, 0.1) is 10.7 Å². The summed E-state index contributed by atoms with van der Waals surface area (Å²) in [4.78, 5) is 55.8. The van der Waals surface area contributed by atoms with Crippen molar-refractivity contribution in [1.29, 1.82) is 0 Å². The fourth-order valence-corrected chi connectivity index (χ4v) is 8.80. The number of nitrogens with zero attached hydrogens (tertiary/aromatic N) is 3. The van der Waals surface area contributed by atoms with E-state index in [1.54, 1.807) is 23.6 Å². The summed E-state index contributed by atoms with van der Waals surface area (Å²) >= 11 is 6.32. The molecule has 2 rings (SSSR count). The maximum Gasteiger partial charge on any atom is 0.326 e. The predicted molar refractivity (Wildman–Crippen MR) is 153 cm³/mol. The number of carbonyl (C=O) groups excluding carboxylic acids is 3. The molecule has 0 spiro atoms. The third kappa shape index (κ3) is 5.59. The van der Waals surface area contributed by atoms with E-state index in [0.29, 0.717) is 69.4 Å². The van der Waals surface area contributed by atoms with E-state index < -0.39 is 12.0 Å². The van der Waals surface area contributed by atoms with Crippen LogP contribution in [0.2, 0.25) is 0 Å². The highest BCUT2D eigenvalue weighted by Crippen LogP contribution is 2.43. The number of benzene rings is 1. The van der Waals surface area contributed by atoms with Crippen LogP contribution in [0.25, 0.3) is 0 Å². The number of amides is 3. The molecule has 0 unspecified atom stereocenters. The Labute approximate surface area is 235 Å². The number of carboxylic acid groups (broad SMARTS) is 1. The van der Waals surface area contributed by atoms with Crippen LogP contribution in [0.4, 0.5) is 11.4 Å². The highest BCUT2D eigenvalue weighted by molar-refractivity contribution is 14.1. The number of halogens is 3. The van der Waals surface area contributed by atoms with E-state index in [4.69, 9.17) is 0 Å². The Kier molecular flexibility index (Phi) is 10.6. The van der Waals surface area contributed by atoms with Gasteiger partial charge in [-0.1, -0.05) is 13.8 Å². The maximum absolute atomic E-state index is 13.8. The third-order valence-electron chi connectivity index (χ3n) is 5.66. The zero-order valence-electron chi connectivity index (χ0n) is 19.1. The number of carbonyl (C=O) groups is 4. The van der Waals surface area contributed by atoms with Gasteiger partial charge in [-0.3, -0.25) is 14.4 Å². The van der Waals surface area contributed by atoms with E-state index in [9.17, 15) is 24.3 Å². The highest BCUT2D eigenvalue weighted by atomic mass is 127. The van der Waals surface area contributed by atoms with E-state index in [1.807, 2.05) is 13.8 Å². The van der Waals surface area contributed by atoms with Crippen LogP contribution in [0.5, 0.6) is 0 Å². The molecule has 8 nitrogen and oxygen atoms in total. The van der Waals surface area contributed by atoms with E-state index in [0.717, 1.165) is 3.57 Å². The summed E-state index contributed by atoms with van der Waals surface area (Å²) in [5, 5.41) is 9.63. The average Bonchev–Trinajstić information content (AvgIpc) is 3.28. The molecular formula is C22H28I3N3O5. The first-order valence-corrected chi connectivity index (χ1v) is 14.2. The van der Waals surface area contributed by atoms with Gasteiger partial charge in [0.25, 0.3) is 5.91 Å². The molecule has 1 aliphatic heterocycles. The van der Waals surface area contributed by atoms with Gasteiger partial charge in [0.05, 0.1) is 27.6 Å². The second-order valence-electron chi connectivity index (χ2n) is 7.49. The van der Waals surface area contributed by atoms with Gasteiger partial charge in [-0.05, 0) is 94.5 Å². The molecular weight excluding hydrogens is 767 g/mol. The van der Waals surface area contributed by atoms with Gasteiger partial charge in [0.15, 0.2) is 0 Å². The molecule has 33 heavy (non-hydrogen) atoms. The van der Waals surface area contributed by atoms with E-state index >= 15 is 0 Å². The topological polar surface area (TPSA) is 98.2 Å². The largest absolute Gasteiger partial charge is 0.480 e. The first kappa shape index (κ1) is 28.5. The predicted octanol–water partition coefficient (Wildman–Crippen LogP) is 4.72. The zero-order valence-corrected chi connectivity index (χ0v) is 25.6. The SMILES string of the molecule is CCC(=O)N(CC)c1c(I)c(C(=O)N2CCC[C@H]2C(=O)O)c(I)c(N(CC)C(=O)CC)c1I. The lowest BCUT2D eigenvalue weighted by atomic mass is 10.1. The first-order valence-electron chi connectivity index (χ1n) is 10.9. The van der Waals surface area contributed by atoms with Crippen molar-refractivity contribution in [3.05, 3.63) is 16.3 Å². The van der Waals surface area contributed by atoms with Gasteiger partial charge < -0.3 is 19.8 Å². The van der Waals surface area contributed by atoms with Crippen LogP contribution < -0.4 is 9.80 Å². The Hall–Kier alpha value is -0.710. The Balaban J connectivity index is 2.88. The minimum absolute atomic E-state index is 0.0895. The quantitative estimate of drug-likeness (QED) is 0.385. The minimum Gasteiger partial charge on any atom is -0.480 e. The van der Waals surface area contributed by atoms with Gasteiger partial charge in [0.1, 0.15) is 6.04 Å². The molecule has 1 heterocycles. The van der Waals surface area contributed by atoms with Crippen LogP contribution in [0.15, 0.2) is 0 Å². The molecule has 0 aromatic heterocycles. The molecule has 1 saturated heterocycles. The normalized spacial score (nSPS) is 15.5. The summed E-state index contributed by atoms with van der Waals surface area (Å²) in [7, 11) is 0. The zero-order chi connectivity index (χ0) is 25.0. The van der Waals surface area contributed by atoms with Crippen molar-refractivity contribution in [2.75, 3.05) is 29.4 Å². The Morgan fingerprint density at radius 1 is 0.879 bits per heavy atom. The number of rotatable bonds is 8. The second-order valence-corrected chi connectivity index (χ2v) is 10.7. The molecule has 1 N–H and O–H groups in total. The van der Waals surface area contributed by atoms with Crippen molar-refractivity contribution in [2.24, 2.45) is 0 Å². The lowest BCUT2D eigenvalue weighted by molar-refractivity contribution is -0.141. The summed E-state index contributed by atoms with van der Waals surface area (Å²) < 4.78 is 1.91. The molecule has 3 amide bonds.